The van der Waals surface area contributed by atoms with Crippen molar-refractivity contribution in [1.29, 1.82) is 0 Å². The second kappa shape index (κ2) is 9.78. The zero-order chi connectivity index (χ0) is 19.9. The van der Waals surface area contributed by atoms with E-state index in [1.54, 1.807) is 32.4 Å². The molecule has 0 bridgehead atoms. The van der Waals surface area contributed by atoms with Crippen LogP contribution in [0.1, 0.15) is 36.0 Å². The Bertz CT molecular complexity index is 687. The van der Waals surface area contributed by atoms with Gasteiger partial charge in [-0.15, -0.1) is 0 Å². The van der Waals surface area contributed by atoms with Crippen LogP contribution in [-0.4, -0.2) is 75.2 Å². The Morgan fingerprint density at radius 1 is 1.00 bits per heavy atom. The zero-order valence-corrected chi connectivity index (χ0v) is 16.8. The third kappa shape index (κ3) is 4.95. The number of hydrogen-bond acceptors (Lipinski definition) is 5. The predicted molar refractivity (Wildman–Crippen MR) is 105 cm³/mol. The lowest BCUT2D eigenvalue weighted by molar-refractivity contribution is -0.132. The van der Waals surface area contributed by atoms with Gasteiger partial charge in [-0.1, -0.05) is 0 Å². The van der Waals surface area contributed by atoms with Crippen LogP contribution in [0.3, 0.4) is 0 Å². The maximum atomic E-state index is 12.9. The summed E-state index contributed by atoms with van der Waals surface area (Å²) in [4.78, 5) is 29.3. The van der Waals surface area contributed by atoms with Gasteiger partial charge in [0.2, 0.25) is 5.91 Å². The number of nitrogens with zero attached hydrogens (tertiary/aromatic N) is 2. The molecule has 0 atom stereocenters. The molecule has 0 radical (unpaired) electrons. The summed E-state index contributed by atoms with van der Waals surface area (Å²) in [5.74, 6) is 1.72. The number of hydrogen-bond donors (Lipinski definition) is 0. The molecule has 2 fully saturated rings. The summed E-state index contributed by atoms with van der Waals surface area (Å²) < 4.78 is 15.9. The Morgan fingerprint density at radius 2 is 1.68 bits per heavy atom. The molecular formula is C21H30N2O5. The van der Waals surface area contributed by atoms with Gasteiger partial charge in [-0.2, -0.15) is 0 Å². The molecule has 3 rings (SSSR count). The minimum absolute atomic E-state index is 0.0420. The van der Waals surface area contributed by atoms with Crippen molar-refractivity contribution in [3.63, 3.8) is 0 Å². The monoisotopic (exact) mass is 390 g/mol. The average molecular weight is 390 g/mol. The first kappa shape index (κ1) is 20.5. The Morgan fingerprint density at radius 3 is 2.39 bits per heavy atom. The van der Waals surface area contributed by atoms with Crippen LogP contribution < -0.4 is 9.47 Å². The van der Waals surface area contributed by atoms with E-state index >= 15 is 0 Å². The molecule has 0 aromatic heterocycles. The third-order valence-corrected chi connectivity index (χ3v) is 5.57. The second-order valence-corrected chi connectivity index (χ2v) is 7.36. The molecule has 0 aliphatic carbocycles. The lowest BCUT2D eigenvalue weighted by Gasteiger charge is -2.26. The fourth-order valence-electron chi connectivity index (χ4n) is 3.85. The van der Waals surface area contributed by atoms with Gasteiger partial charge in [0.1, 0.15) is 0 Å². The Balaban J connectivity index is 1.58. The molecule has 2 heterocycles. The summed E-state index contributed by atoms with van der Waals surface area (Å²) in [6, 6.07) is 5.20. The Hall–Kier alpha value is -2.28. The average Bonchev–Trinajstić information content (AvgIpc) is 3.00. The Labute approximate surface area is 166 Å². The molecule has 7 heteroatoms. The maximum Gasteiger partial charge on any atom is 0.254 e. The molecule has 0 spiro atoms. The van der Waals surface area contributed by atoms with Gasteiger partial charge in [-0.05, 0) is 43.4 Å². The first-order chi connectivity index (χ1) is 13.6. The quantitative estimate of drug-likeness (QED) is 0.771. The van der Waals surface area contributed by atoms with E-state index in [2.05, 4.69) is 0 Å². The summed E-state index contributed by atoms with van der Waals surface area (Å²) in [6.07, 6.45) is 3.30. The number of benzene rings is 1. The molecule has 1 aromatic carbocycles. The van der Waals surface area contributed by atoms with Crippen LogP contribution in [0.15, 0.2) is 18.2 Å². The van der Waals surface area contributed by atoms with Gasteiger partial charge < -0.3 is 24.0 Å². The van der Waals surface area contributed by atoms with E-state index in [1.165, 1.54) is 0 Å². The summed E-state index contributed by atoms with van der Waals surface area (Å²) in [7, 11) is 3.13. The zero-order valence-electron chi connectivity index (χ0n) is 16.8. The van der Waals surface area contributed by atoms with E-state index in [4.69, 9.17) is 14.2 Å². The second-order valence-electron chi connectivity index (χ2n) is 7.36. The van der Waals surface area contributed by atoms with E-state index < -0.39 is 0 Å². The minimum Gasteiger partial charge on any atom is -0.493 e. The highest BCUT2D eigenvalue weighted by Gasteiger charge is 2.25. The first-order valence-corrected chi connectivity index (χ1v) is 9.99. The van der Waals surface area contributed by atoms with Gasteiger partial charge in [0.25, 0.3) is 5.91 Å². The molecule has 28 heavy (non-hydrogen) atoms. The largest absolute Gasteiger partial charge is 0.493 e. The molecule has 2 aliphatic rings. The minimum atomic E-state index is -0.0420. The number of amides is 2. The number of carbonyl (C=O) groups excluding carboxylic acids is 2. The van der Waals surface area contributed by atoms with E-state index in [0.29, 0.717) is 55.6 Å². The van der Waals surface area contributed by atoms with Gasteiger partial charge in [0.05, 0.1) is 14.2 Å². The summed E-state index contributed by atoms with van der Waals surface area (Å²) in [5, 5.41) is 0. The molecule has 2 amide bonds. The fourth-order valence-corrected chi connectivity index (χ4v) is 3.85. The molecule has 0 N–H and O–H groups in total. The van der Waals surface area contributed by atoms with E-state index in [1.807, 2.05) is 9.80 Å². The van der Waals surface area contributed by atoms with E-state index in [9.17, 15) is 9.59 Å². The van der Waals surface area contributed by atoms with Gasteiger partial charge in [0.15, 0.2) is 11.5 Å². The Kier molecular flexibility index (Phi) is 7.14. The van der Waals surface area contributed by atoms with Crippen molar-refractivity contribution in [3.05, 3.63) is 23.8 Å². The predicted octanol–water partition coefficient (Wildman–Crippen LogP) is 2.20. The standard InChI is InChI=1S/C21H30N2O5/c1-26-18-5-4-17(15-19(18)27-2)21(25)23-9-3-8-22(10-11-23)20(24)14-16-6-12-28-13-7-16/h4-5,15-16H,3,6-14H2,1-2H3. The lowest BCUT2D eigenvalue weighted by atomic mass is 9.96. The highest BCUT2D eigenvalue weighted by Crippen LogP contribution is 2.28. The smallest absolute Gasteiger partial charge is 0.254 e. The lowest BCUT2D eigenvalue weighted by Crippen LogP contribution is -2.38. The van der Waals surface area contributed by atoms with Crippen LogP contribution in [0.4, 0.5) is 0 Å². The number of ether oxygens (including phenoxy) is 3. The molecule has 154 valence electrons. The van der Waals surface area contributed by atoms with Crippen molar-refractivity contribution in [2.45, 2.75) is 25.7 Å². The van der Waals surface area contributed by atoms with Crippen LogP contribution in [0.25, 0.3) is 0 Å². The fraction of sp³-hybridized carbons (Fsp3) is 0.619. The van der Waals surface area contributed by atoms with Crippen LogP contribution in [0.2, 0.25) is 0 Å². The molecule has 7 nitrogen and oxygen atoms in total. The van der Waals surface area contributed by atoms with Crippen LogP contribution in [-0.2, 0) is 9.53 Å². The normalized spacial score (nSPS) is 18.5. The molecular weight excluding hydrogens is 360 g/mol. The summed E-state index contributed by atoms with van der Waals surface area (Å²) in [6.45, 7) is 4.00. The summed E-state index contributed by atoms with van der Waals surface area (Å²) >= 11 is 0. The maximum absolute atomic E-state index is 12.9. The highest BCUT2D eigenvalue weighted by atomic mass is 16.5. The van der Waals surface area contributed by atoms with Crippen molar-refractivity contribution in [2.24, 2.45) is 5.92 Å². The van der Waals surface area contributed by atoms with Crippen LogP contribution in [0.5, 0.6) is 11.5 Å². The summed E-state index contributed by atoms with van der Waals surface area (Å²) in [5.41, 5.74) is 0.569. The van der Waals surface area contributed by atoms with Crippen molar-refractivity contribution in [1.82, 2.24) is 9.80 Å². The topological polar surface area (TPSA) is 68.3 Å². The van der Waals surface area contributed by atoms with Crippen LogP contribution in [0, 0.1) is 5.92 Å². The van der Waals surface area contributed by atoms with E-state index in [0.717, 1.165) is 32.5 Å². The van der Waals surface area contributed by atoms with Crippen molar-refractivity contribution < 1.29 is 23.8 Å². The van der Waals surface area contributed by atoms with Gasteiger partial charge >= 0.3 is 0 Å². The van der Waals surface area contributed by atoms with Gasteiger partial charge in [0, 0.05) is 51.4 Å². The number of methoxy groups -OCH3 is 2. The van der Waals surface area contributed by atoms with Crippen molar-refractivity contribution in [3.8, 4) is 11.5 Å². The third-order valence-electron chi connectivity index (χ3n) is 5.57. The molecule has 2 saturated heterocycles. The number of rotatable bonds is 5. The van der Waals surface area contributed by atoms with Gasteiger partial charge in [-0.3, -0.25) is 9.59 Å². The molecule has 2 aliphatic heterocycles. The van der Waals surface area contributed by atoms with E-state index in [-0.39, 0.29) is 11.8 Å². The van der Waals surface area contributed by atoms with Crippen LogP contribution >= 0.6 is 0 Å². The molecule has 0 unspecified atom stereocenters. The molecule has 1 aromatic rings. The molecule has 0 saturated carbocycles. The highest BCUT2D eigenvalue weighted by molar-refractivity contribution is 5.95. The first-order valence-electron chi connectivity index (χ1n) is 9.99. The van der Waals surface area contributed by atoms with Crippen molar-refractivity contribution in [2.75, 3.05) is 53.6 Å². The van der Waals surface area contributed by atoms with Gasteiger partial charge in [-0.25, -0.2) is 0 Å². The SMILES string of the molecule is COc1ccc(C(=O)N2CCCN(C(=O)CC3CCOCC3)CC2)cc1OC. The van der Waals surface area contributed by atoms with Crippen molar-refractivity contribution >= 4 is 11.8 Å². The number of carbonyl (C=O) groups is 2.